The number of hydrogen-bond donors (Lipinski definition) is 2. The van der Waals surface area contributed by atoms with Gasteiger partial charge in [0.2, 0.25) is 0 Å². The third kappa shape index (κ3) is 5.10. The molecule has 1 amide bonds. The number of nitrogens with one attached hydrogen (secondary N) is 1. The summed E-state index contributed by atoms with van der Waals surface area (Å²) in [6.45, 7) is 8.91. The van der Waals surface area contributed by atoms with Gasteiger partial charge in [0.15, 0.2) is 6.61 Å². The van der Waals surface area contributed by atoms with E-state index in [1.165, 1.54) is 0 Å². The van der Waals surface area contributed by atoms with Gasteiger partial charge in [0.1, 0.15) is 11.8 Å². The molecule has 0 saturated carbocycles. The molecular formula is C16H23NO4. The normalized spacial score (nSPS) is 12.6. The lowest BCUT2D eigenvalue weighted by Gasteiger charge is -2.27. The van der Waals surface area contributed by atoms with Crippen LogP contribution < -0.4 is 10.1 Å². The van der Waals surface area contributed by atoms with E-state index in [9.17, 15) is 9.59 Å². The topological polar surface area (TPSA) is 75.6 Å². The van der Waals surface area contributed by atoms with Crippen LogP contribution in [0.3, 0.4) is 0 Å². The fourth-order valence-corrected chi connectivity index (χ4v) is 1.86. The fraction of sp³-hybridized carbons (Fsp3) is 0.500. The van der Waals surface area contributed by atoms with Crippen LogP contribution in [0, 0.1) is 19.3 Å². The summed E-state index contributed by atoms with van der Waals surface area (Å²) in [5.41, 5.74) is 1.40. The van der Waals surface area contributed by atoms with Crippen LogP contribution in [0.15, 0.2) is 18.2 Å². The molecule has 0 radical (unpaired) electrons. The van der Waals surface area contributed by atoms with Gasteiger partial charge in [-0.15, -0.1) is 0 Å². The van der Waals surface area contributed by atoms with Crippen LogP contribution in [0.25, 0.3) is 0 Å². The zero-order chi connectivity index (χ0) is 16.2. The zero-order valence-corrected chi connectivity index (χ0v) is 13.2. The van der Waals surface area contributed by atoms with Crippen LogP contribution in [0.1, 0.15) is 31.9 Å². The van der Waals surface area contributed by atoms with E-state index in [-0.39, 0.29) is 6.61 Å². The lowest BCUT2D eigenvalue weighted by atomic mass is 9.87. The monoisotopic (exact) mass is 293 g/mol. The Morgan fingerprint density at radius 1 is 1.29 bits per heavy atom. The fourth-order valence-electron chi connectivity index (χ4n) is 1.86. The maximum atomic E-state index is 11.9. The van der Waals surface area contributed by atoms with Crippen molar-refractivity contribution in [2.24, 2.45) is 5.41 Å². The first-order chi connectivity index (χ1) is 9.61. The first-order valence-corrected chi connectivity index (χ1v) is 6.83. The average Bonchev–Trinajstić information content (AvgIpc) is 2.35. The second-order valence-corrected chi connectivity index (χ2v) is 6.26. The van der Waals surface area contributed by atoms with Gasteiger partial charge < -0.3 is 15.2 Å². The van der Waals surface area contributed by atoms with E-state index >= 15 is 0 Å². The summed E-state index contributed by atoms with van der Waals surface area (Å²) in [6, 6.07) is 4.77. The zero-order valence-electron chi connectivity index (χ0n) is 13.2. The third-order valence-corrected chi connectivity index (χ3v) is 3.12. The van der Waals surface area contributed by atoms with Gasteiger partial charge >= 0.3 is 5.97 Å². The van der Waals surface area contributed by atoms with Gasteiger partial charge in [0, 0.05) is 0 Å². The van der Waals surface area contributed by atoms with Crippen LogP contribution in [-0.4, -0.2) is 29.6 Å². The molecule has 21 heavy (non-hydrogen) atoms. The Hall–Kier alpha value is -2.04. The SMILES string of the molecule is Cc1ccc(C)c(OCC(=O)N[C@H](C(=O)O)C(C)(C)C)c1. The molecule has 0 aliphatic heterocycles. The number of carboxylic acids is 1. The summed E-state index contributed by atoms with van der Waals surface area (Å²) in [5.74, 6) is -0.867. The maximum Gasteiger partial charge on any atom is 0.326 e. The summed E-state index contributed by atoms with van der Waals surface area (Å²) < 4.78 is 5.47. The number of rotatable bonds is 5. The number of aliphatic carboxylic acids is 1. The number of aryl methyl sites for hydroxylation is 2. The molecule has 0 bridgehead atoms. The van der Waals surface area contributed by atoms with E-state index in [1.807, 2.05) is 32.0 Å². The number of amides is 1. The molecule has 5 heteroatoms. The van der Waals surface area contributed by atoms with Crippen LogP contribution >= 0.6 is 0 Å². The Morgan fingerprint density at radius 2 is 1.90 bits per heavy atom. The predicted octanol–water partition coefficient (Wildman–Crippen LogP) is 2.30. The van der Waals surface area contributed by atoms with Crippen molar-refractivity contribution in [2.75, 3.05) is 6.61 Å². The minimum Gasteiger partial charge on any atom is -0.483 e. The Morgan fingerprint density at radius 3 is 2.43 bits per heavy atom. The molecular weight excluding hydrogens is 270 g/mol. The molecule has 0 heterocycles. The van der Waals surface area contributed by atoms with E-state index < -0.39 is 23.3 Å². The average molecular weight is 293 g/mol. The third-order valence-electron chi connectivity index (χ3n) is 3.12. The van der Waals surface area contributed by atoms with E-state index in [0.29, 0.717) is 5.75 Å². The standard InChI is InChI=1S/C16H23NO4/c1-10-6-7-11(2)12(8-10)21-9-13(18)17-14(15(19)20)16(3,4)5/h6-8,14H,9H2,1-5H3,(H,17,18)(H,19,20)/t14-/m1/s1. The van der Waals surface area contributed by atoms with Crippen molar-refractivity contribution in [2.45, 2.75) is 40.7 Å². The summed E-state index contributed by atoms with van der Waals surface area (Å²) in [4.78, 5) is 23.1. The molecule has 1 atom stereocenters. The maximum absolute atomic E-state index is 11.9. The Balaban J connectivity index is 2.65. The van der Waals surface area contributed by atoms with Gasteiger partial charge in [-0.25, -0.2) is 4.79 Å². The molecule has 0 aliphatic rings. The van der Waals surface area contributed by atoms with Crippen molar-refractivity contribution in [3.8, 4) is 5.75 Å². The van der Waals surface area contributed by atoms with E-state index in [0.717, 1.165) is 11.1 Å². The first-order valence-electron chi connectivity index (χ1n) is 6.83. The molecule has 1 aromatic carbocycles. The molecule has 1 aromatic rings. The van der Waals surface area contributed by atoms with Crippen molar-refractivity contribution in [1.82, 2.24) is 5.32 Å². The number of ether oxygens (including phenoxy) is 1. The van der Waals surface area contributed by atoms with Gasteiger partial charge in [-0.05, 0) is 36.5 Å². The van der Waals surface area contributed by atoms with Crippen LogP contribution in [-0.2, 0) is 9.59 Å². The van der Waals surface area contributed by atoms with Gasteiger partial charge in [-0.1, -0.05) is 32.9 Å². The number of carbonyl (C=O) groups is 2. The highest BCUT2D eigenvalue weighted by Crippen LogP contribution is 2.20. The highest BCUT2D eigenvalue weighted by atomic mass is 16.5. The highest BCUT2D eigenvalue weighted by molar-refractivity contribution is 5.84. The van der Waals surface area contributed by atoms with Crippen molar-refractivity contribution in [3.63, 3.8) is 0 Å². The summed E-state index contributed by atoms with van der Waals surface area (Å²) in [5, 5.41) is 11.7. The molecule has 116 valence electrons. The molecule has 0 saturated heterocycles. The van der Waals surface area contributed by atoms with Crippen molar-refractivity contribution in [3.05, 3.63) is 29.3 Å². The number of benzene rings is 1. The van der Waals surface area contributed by atoms with Gasteiger partial charge in [0.25, 0.3) is 5.91 Å². The first kappa shape index (κ1) is 17.0. The number of carbonyl (C=O) groups excluding carboxylic acids is 1. The lowest BCUT2D eigenvalue weighted by Crippen LogP contribution is -2.50. The summed E-state index contributed by atoms with van der Waals surface area (Å²) in [6.07, 6.45) is 0. The lowest BCUT2D eigenvalue weighted by molar-refractivity contribution is -0.145. The smallest absolute Gasteiger partial charge is 0.326 e. The van der Waals surface area contributed by atoms with Crippen molar-refractivity contribution < 1.29 is 19.4 Å². The Kier molecular flexibility index (Phi) is 5.35. The van der Waals surface area contributed by atoms with Gasteiger partial charge in [-0.2, -0.15) is 0 Å². The summed E-state index contributed by atoms with van der Waals surface area (Å²) >= 11 is 0. The number of hydrogen-bond acceptors (Lipinski definition) is 3. The second kappa shape index (κ2) is 6.61. The molecule has 0 aliphatic carbocycles. The number of carboxylic acid groups (broad SMARTS) is 1. The molecule has 0 aromatic heterocycles. The quantitative estimate of drug-likeness (QED) is 0.873. The van der Waals surface area contributed by atoms with E-state index in [4.69, 9.17) is 9.84 Å². The minimum atomic E-state index is -1.05. The predicted molar refractivity (Wildman–Crippen MR) is 80.4 cm³/mol. The van der Waals surface area contributed by atoms with Crippen LogP contribution in [0.4, 0.5) is 0 Å². The highest BCUT2D eigenvalue weighted by Gasteiger charge is 2.32. The minimum absolute atomic E-state index is 0.204. The van der Waals surface area contributed by atoms with Crippen LogP contribution in [0.5, 0.6) is 5.75 Å². The largest absolute Gasteiger partial charge is 0.483 e. The molecule has 2 N–H and O–H groups in total. The Labute approximate surface area is 125 Å². The molecule has 5 nitrogen and oxygen atoms in total. The van der Waals surface area contributed by atoms with Crippen molar-refractivity contribution in [1.29, 1.82) is 0 Å². The van der Waals surface area contributed by atoms with Crippen molar-refractivity contribution >= 4 is 11.9 Å². The van der Waals surface area contributed by atoms with E-state index in [1.54, 1.807) is 20.8 Å². The van der Waals surface area contributed by atoms with Crippen LogP contribution in [0.2, 0.25) is 0 Å². The Bertz CT molecular complexity index is 532. The summed E-state index contributed by atoms with van der Waals surface area (Å²) in [7, 11) is 0. The van der Waals surface area contributed by atoms with Gasteiger partial charge in [-0.3, -0.25) is 4.79 Å². The second-order valence-electron chi connectivity index (χ2n) is 6.26. The van der Waals surface area contributed by atoms with Gasteiger partial charge in [0.05, 0.1) is 0 Å². The molecule has 0 unspecified atom stereocenters. The molecule has 0 spiro atoms. The molecule has 0 fully saturated rings. The molecule has 1 rings (SSSR count). The van der Waals surface area contributed by atoms with E-state index in [2.05, 4.69) is 5.32 Å².